The minimum absolute atomic E-state index is 0.0313. The van der Waals surface area contributed by atoms with Gasteiger partial charge in [0, 0.05) is 6.08 Å². The first kappa shape index (κ1) is 14.2. The molecular formula is C14H24O3. The summed E-state index contributed by atoms with van der Waals surface area (Å²) in [6, 6.07) is 0. The third-order valence-corrected chi connectivity index (χ3v) is 5.12. The molecule has 3 nitrogen and oxygen atoms in total. The highest BCUT2D eigenvalue weighted by Gasteiger charge is 2.60. The molecule has 0 heterocycles. The number of esters is 1. The van der Waals surface area contributed by atoms with E-state index in [1.54, 1.807) is 0 Å². The second-order valence-corrected chi connectivity index (χ2v) is 5.85. The van der Waals surface area contributed by atoms with Gasteiger partial charge in [0.05, 0.1) is 13.2 Å². The van der Waals surface area contributed by atoms with E-state index in [0.717, 1.165) is 18.4 Å². The number of carbonyl (C=O) groups excluding carboxylic acids is 1. The zero-order valence-electron chi connectivity index (χ0n) is 11.3. The SMILES string of the molecule is C=CC(=O)OC.CC1(C)C2CCC1(C)C(O)C2. The van der Waals surface area contributed by atoms with Gasteiger partial charge in [-0.3, -0.25) is 0 Å². The number of rotatable bonds is 1. The average molecular weight is 240 g/mol. The van der Waals surface area contributed by atoms with Crippen molar-refractivity contribution < 1.29 is 14.6 Å². The number of hydrogen-bond donors (Lipinski definition) is 1. The van der Waals surface area contributed by atoms with Crippen molar-refractivity contribution in [2.45, 2.75) is 46.1 Å². The summed E-state index contributed by atoms with van der Waals surface area (Å²) < 4.78 is 4.14. The van der Waals surface area contributed by atoms with Gasteiger partial charge in [-0.2, -0.15) is 0 Å². The van der Waals surface area contributed by atoms with Crippen LogP contribution in [0.4, 0.5) is 0 Å². The van der Waals surface area contributed by atoms with Crippen molar-refractivity contribution >= 4 is 5.97 Å². The van der Waals surface area contributed by atoms with Crippen molar-refractivity contribution in [2.75, 3.05) is 7.11 Å². The predicted octanol–water partition coefficient (Wildman–Crippen LogP) is 2.54. The van der Waals surface area contributed by atoms with Crippen LogP contribution >= 0.6 is 0 Å². The molecule has 0 spiro atoms. The molecule has 0 radical (unpaired) electrons. The molecule has 2 fully saturated rings. The molecule has 3 atom stereocenters. The molecule has 3 unspecified atom stereocenters. The average Bonchev–Trinajstić information content (AvgIpc) is 2.61. The van der Waals surface area contributed by atoms with Crippen LogP contribution in [0.5, 0.6) is 0 Å². The van der Waals surface area contributed by atoms with Crippen molar-refractivity contribution in [3.05, 3.63) is 12.7 Å². The lowest BCUT2D eigenvalue weighted by atomic mass is 9.70. The minimum Gasteiger partial charge on any atom is -0.466 e. The molecule has 0 aliphatic heterocycles. The number of carbonyl (C=O) groups is 1. The number of hydrogen-bond acceptors (Lipinski definition) is 3. The van der Waals surface area contributed by atoms with Crippen molar-refractivity contribution in [2.24, 2.45) is 16.7 Å². The van der Waals surface area contributed by atoms with Gasteiger partial charge in [-0.25, -0.2) is 4.79 Å². The second-order valence-electron chi connectivity index (χ2n) is 5.85. The number of aliphatic hydroxyl groups excluding tert-OH is 1. The lowest BCUT2D eigenvalue weighted by Gasteiger charge is -2.36. The topological polar surface area (TPSA) is 46.5 Å². The van der Waals surface area contributed by atoms with Gasteiger partial charge in [-0.1, -0.05) is 27.4 Å². The van der Waals surface area contributed by atoms with Crippen LogP contribution in [-0.4, -0.2) is 24.3 Å². The first-order valence-electron chi connectivity index (χ1n) is 6.18. The summed E-state index contributed by atoms with van der Waals surface area (Å²) in [5.74, 6) is 0.387. The molecule has 98 valence electrons. The number of fused-ring (bicyclic) bond motifs is 2. The molecular weight excluding hydrogens is 216 g/mol. The zero-order chi connectivity index (χ0) is 13.3. The van der Waals surface area contributed by atoms with Crippen molar-refractivity contribution in [1.29, 1.82) is 0 Å². The lowest BCUT2D eigenvalue weighted by molar-refractivity contribution is -0.134. The predicted molar refractivity (Wildman–Crippen MR) is 67.4 cm³/mol. The Morgan fingerprint density at radius 1 is 1.47 bits per heavy atom. The fourth-order valence-corrected chi connectivity index (χ4v) is 3.24. The fourth-order valence-electron chi connectivity index (χ4n) is 3.24. The van der Waals surface area contributed by atoms with Gasteiger partial charge in [0.2, 0.25) is 0 Å². The van der Waals surface area contributed by atoms with Crippen LogP contribution in [0.2, 0.25) is 0 Å². The summed E-state index contributed by atoms with van der Waals surface area (Å²) in [6.45, 7) is 10.1. The first-order chi connectivity index (χ1) is 7.79. The van der Waals surface area contributed by atoms with Gasteiger partial charge in [0.25, 0.3) is 0 Å². The Morgan fingerprint density at radius 2 is 2.06 bits per heavy atom. The van der Waals surface area contributed by atoms with Gasteiger partial charge in [-0.15, -0.1) is 0 Å². The van der Waals surface area contributed by atoms with Crippen molar-refractivity contribution in [3.63, 3.8) is 0 Å². The highest BCUT2D eigenvalue weighted by molar-refractivity contribution is 5.80. The van der Waals surface area contributed by atoms with Crippen LogP contribution in [-0.2, 0) is 9.53 Å². The van der Waals surface area contributed by atoms with Gasteiger partial charge in [0.15, 0.2) is 0 Å². The third kappa shape index (κ3) is 2.25. The van der Waals surface area contributed by atoms with Crippen LogP contribution < -0.4 is 0 Å². The molecule has 2 rings (SSSR count). The summed E-state index contributed by atoms with van der Waals surface area (Å²) in [5.41, 5.74) is 0.601. The summed E-state index contributed by atoms with van der Waals surface area (Å²) in [4.78, 5) is 9.84. The Balaban J connectivity index is 0.000000209. The van der Waals surface area contributed by atoms with E-state index in [9.17, 15) is 9.90 Å². The van der Waals surface area contributed by atoms with E-state index in [1.165, 1.54) is 20.0 Å². The minimum atomic E-state index is -0.394. The Morgan fingerprint density at radius 3 is 2.18 bits per heavy atom. The maximum atomic E-state index is 9.84. The van der Waals surface area contributed by atoms with E-state index in [1.807, 2.05) is 0 Å². The normalized spacial score (nSPS) is 37.0. The van der Waals surface area contributed by atoms with Crippen LogP contribution in [0.15, 0.2) is 12.7 Å². The molecule has 2 aliphatic carbocycles. The van der Waals surface area contributed by atoms with E-state index in [4.69, 9.17) is 0 Å². The van der Waals surface area contributed by atoms with Crippen molar-refractivity contribution in [1.82, 2.24) is 0 Å². The van der Waals surface area contributed by atoms with E-state index in [-0.39, 0.29) is 11.5 Å². The zero-order valence-corrected chi connectivity index (χ0v) is 11.3. The molecule has 17 heavy (non-hydrogen) atoms. The maximum Gasteiger partial charge on any atom is 0.329 e. The Labute approximate surface area is 104 Å². The van der Waals surface area contributed by atoms with Crippen molar-refractivity contribution in [3.8, 4) is 0 Å². The molecule has 2 saturated carbocycles. The highest BCUT2D eigenvalue weighted by atomic mass is 16.5. The van der Waals surface area contributed by atoms with E-state index in [2.05, 4.69) is 32.1 Å². The summed E-state index contributed by atoms with van der Waals surface area (Å²) in [5, 5.41) is 9.81. The van der Waals surface area contributed by atoms with Gasteiger partial charge >= 0.3 is 5.97 Å². The van der Waals surface area contributed by atoms with E-state index in [0.29, 0.717) is 5.41 Å². The Hall–Kier alpha value is -0.830. The van der Waals surface area contributed by atoms with Crippen LogP contribution in [0, 0.1) is 16.7 Å². The third-order valence-electron chi connectivity index (χ3n) is 5.12. The largest absolute Gasteiger partial charge is 0.466 e. The molecule has 0 saturated heterocycles. The van der Waals surface area contributed by atoms with Gasteiger partial charge < -0.3 is 9.84 Å². The van der Waals surface area contributed by atoms with Gasteiger partial charge in [-0.05, 0) is 36.0 Å². The van der Waals surface area contributed by atoms with E-state index >= 15 is 0 Å². The lowest BCUT2D eigenvalue weighted by Crippen LogP contribution is -2.35. The number of ether oxygens (including phenoxy) is 1. The molecule has 0 aromatic rings. The molecule has 0 aromatic heterocycles. The Bertz CT molecular complexity index is 309. The maximum absolute atomic E-state index is 9.84. The number of methoxy groups -OCH3 is 1. The number of aliphatic hydroxyl groups is 1. The molecule has 2 bridgehead atoms. The quantitative estimate of drug-likeness (QED) is 0.566. The van der Waals surface area contributed by atoms with E-state index < -0.39 is 5.97 Å². The first-order valence-corrected chi connectivity index (χ1v) is 6.18. The molecule has 0 aromatic carbocycles. The smallest absolute Gasteiger partial charge is 0.329 e. The molecule has 2 aliphatic rings. The summed E-state index contributed by atoms with van der Waals surface area (Å²) in [7, 11) is 1.31. The van der Waals surface area contributed by atoms with Gasteiger partial charge in [0.1, 0.15) is 0 Å². The van der Waals surface area contributed by atoms with Crippen LogP contribution in [0.3, 0.4) is 0 Å². The highest BCUT2D eigenvalue weighted by Crippen LogP contribution is 2.65. The molecule has 3 heteroatoms. The summed E-state index contributed by atoms with van der Waals surface area (Å²) in [6.07, 6.45) is 4.69. The molecule has 0 amide bonds. The van der Waals surface area contributed by atoms with Crippen LogP contribution in [0.25, 0.3) is 0 Å². The monoisotopic (exact) mass is 240 g/mol. The Kier molecular flexibility index (Phi) is 4.03. The summed E-state index contributed by atoms with van der Waals surface area (Å²) >= 11 is 0. The second kappa shape index (κ2) is 4.81. The molecule has 1 N–H and O–H groups in total. The van der Waals surface area contributed by atoms with Crippen LogP contribution in [0.1, 0.15) is 40.0 Å². The standard InChI is InChI=1S/C10H18O.C4H6O2/c1-9(2)7-4-5-10(9,3)8(11)6-7;1-3-4(5)6-2/h7-8,11H,4-6H2,1-3H3;3H,1H2,2H3. The fraction of sp³-hybridized carbons (Fsp3) is 0.786.